The van der Waals surface area contributed by atoms with Crippen LogP contribution in [0.2, 0.25) is 0 Å². The minimum Gasteiger partial charge on any atom is -0.397 e. The van der Waals surface area contributed by atoms with Gasteiger partial charge in [0.25, 0.3) is 0 Å². The van der Waals surface area contributed by atoms with Crippen LogP contribution in [0, 0.1) is 11.8 Å². The maximum absolute atomic E-state index is 7.57. The van der Waals surface area contributed by atoms with Gasteiger partial charge in [-0.2, -0.15) is 0 Å². The van der Waals surface area contributed by atoms with E-state index < -0.39 is 0 Å². The van der Waals surface area contributed by atoms with Crippen LogP contribution in [0.3, 0.4) is 0 Å². The first-order chi connectivity index (χ1) is 7.86. The molecule has 2 aliphatic rings. The number of aliphatic hydroxyl groups excluding tert-OH is 1. The van der Waals surface area contributed by atoms with E-state index in [1.807, 2.05) is 0 Å². The highest BCUT2D eigenvalue weighted by molar-refractivity contribution is 4.69. The van der Waals surface area contributed by atoms with Crippen LogP contribution in [0.4, 0.5) is 0 Å². The Morgan fingerprint density at radius 3 is 1.50 bits per heavy atom. The highest BCUT2D eigenvalue weighted by atomic mass is 16.5. The molecule has 2 rings (SSSR count). The lowest BCUT2D eigenvalue weighted by Gasteiger charge is -2.13. The van der Waals surface area contributed by atoms with Gasteiger partial charge in [0.15, 0.2) is 0 Å². The number of aliphatic hydroxyl groups is 1. The first kappa shape index (κ1) is 14.0. The molecule has 16 heavy (non-hydrogen) atoms. The van der Waals surface area contributed by atoms with E-state index in [1.165, 1.54) is 51.4 Å². The Bertz CT molecular complexity index is 131. The Balaban J connectivity index is 0.000000386. The van der Waals surface area contributed by atoms with Gasteiger partial charge in [-0.1, -0.05) is 25.7 Å². The molecule has 2 fully saturated rings. The van der Waals surface area contributed by atoms with E-state index >= 15 is 0 Å². The third-order valence-corrected chi connectivity index (χ3v) is 3.66. The van der Waals surface area contributed by atoms with Gasteiger partial charge in [-0.15, -0.1) is 0 Å². The Morgan fingerprint density at radius 2 is 1.19 bits per heavy atom. The first-order valence-corrected chi connectivity index (χ1v) is 7.05. The van der Waals surface area contributed by atoms with E-state index in [-0.39, 0.29) is 6.61 Å². The summed E-state index contributed by atoms with van der Waals surface area (Å²) in [6.07, 6.45) is 11.5. The highest BCUT2D eigenvalue weighted by Gasteiger charge is 2.18. The van der Waals surface area contributed by atoms with Gasteiger partial charge < -0.3 is 9.84 Å². The fourth-order valence-corrected chi connectivity index (χ4v) is 2.76. The van der Waals surface area contributed by atoms with Crippen molar-refractivity contribution in [3.8, 4) is 0 Å². The smallest absolute Gasteiger partial charge is 0.0494 e. The standard InChI is InChI=1S/C12H22O.C2H6O/c1-2-6-11(5-1)9-13-10-12-7-3-4-8-12;1-2-3/h11-12H,1-10H2;3H,2H2,1H3. The molecule has 0 heterocycles. The van der Waals surface area contributed by atoms with Crippen LogP contribution in [-0.4, -0.2) is 24.9 Å². The van der Waals surface area contributed by atoms with Gasteiger partial charge in [0.05, 0.1) is 0 Å². The van der Waals surface area contributed by atoms with Crippen molar-refractivity contribution in [1.29, 1.82) is 0 Å². The number of rotatable bonds is 4. The molecule has 2 nitrogen and oxygen atoms in total. The average Bonchev–Trinajstić information content (AvgIpc) is 2.91. The lowest BCUT2D eigenvalue weighted by atomic mass is 10.1. The molecule has 2 heteroatoms. The van der Waals surface area contributed by atoms with E-state index in [4.69, 9.17) is 9.84 Å². The molecule has 0 radical (unpaired) electrons. The van der Waals surface area contributed by atoms with Crippen molar-refractivity contribution in [3.63, 3.8) is 0 Å². The second kappa shape index (κ2) is 9.00. The van der Waals surface area contributed by atoms with E-state index in [0.29, 0.717) is 0 Å². The lowest BCUT2D eigenvalue weighted by Crippen LogP contribution is -2.11. The third-order valence-electron chi connectivity index (χ3n) is 3.66. The quantitative estimate of drug-likeness (QED) is 0.799. The van der Waals surface area contributed by atoms with Crippen LogP contribution in [0.15, 0.2) is 0 Å². The van der Waals surface area contributed by atoms with Crippen LogP contribution >= 0.6 is 0 Å². The number of ether oxygens (including phenoxy) is 1. The van der Waals surface area contributed by atoms with Crippen molar-refractivity contribution in [3.05, 3.63) is 0 Å². The highest BCUT2D eigenvalue weighted by Crippen LogP contribution is 2.27. The second-order valence-electron chi connectivity index (χ2n) is 5.15. The zero-order valence-corrected chi connectivity index (χ0v) is 10.8. The average molecular weight is 228 g/mol. The van der Waals surface area contributed by atoms with Crippen molar-refractivity contribution in [2.45, 2.75) is 58.3 Å². The minimum atomic E-state index is 0.250. The van der Waals surface area contributed by atoms with Crippen LogP contribution in [-0.2, 0) is 4.74 Å². The molecule has 96 valence electrons. The monoisotopic (exact) mass is 228 g/mol. The molecule has 0 spiro atoms. The normalized spacial score (nSPS) is 22.1. The second-order valence-corrected chi connectivity index (χ2v) is 5.15. The fourth-order valence-electron chi connectivity index (χ4n) is 2.76. The van der Waals surface area contributed by atoms with Crippen LogP contribution in [0.5, 0.6) is 0 Å². The van der Waals surface area contributed by atoms with E-state index in [9.17, 15) is 0 Å². The SMILES string of the molecule is C1CCC(COCC2CCCC2)C1.CCO. The van der Waals surface area contributed by atoms with E-state index in [2.05, 4.69) is 0 Å². The summed E-state index contributed by atoms with van der Waals surface area (Å²) in [6, 6.07) is 0. The summed E-state index contributed by atoms with van der Waals surface area (Å²) in [5.74, 6) is 1.81. The van der Waals surface area contributed by atoms with Crippen LogP contribution < -0.4 is 0 Å². The maximum atomic E-state index is 7.57. The molecule has 2 saturated carbocycles. The molecule has 2 aliphatic carbocycles. The zero-order chi connectivity index (χ0) is 11.6. The van der Waals surface area contributed by atoms with Crippen molar-refractivity contribution < 1.29 is 9.84 Å². The minimum absolute atomic E-state index is 0.250. The molecule has 0 aromatic heterocycles. The summed E-state index contributed by atoms with van der Waals surface area (Å²) >= 11 is 0. The van der Waals surface area contributed by atoms with Crippen molar-refractivity contribution >= 4 is 0 Å². The fraction of sp³-hybridized carbons (Fsp3) is 1.00. The summed E-state index contributed by atoms with van der Waals surface area (Å²) < 4.78 is 5.80. The van der Waals surface area contributed by atoms with Gasteiger partial charge in [-0.25, -0.2) is 0 Å². The van der Waals surface area contributed by atoms with E-state index in [1.54, 1.807) is 6.92 Å². The Morgan fingerprint density at radius 1 is 0.875 bits per heavy atom. The van der Waals surface area contributed by atoms with Gasteiger partial charge in [-0.05, 0) is 44.4 Å². The molecule has 0 unspecified atom stereocenters. The Hall–Kier alpha value is -0.0800. The number of hydrogen-bond donors (Lipinski definition) is 1. The summed E-state index contributed by atoms with van der Waals surface area (Å²) in [7, 11) is 0. The van der Waals surface area contributed by atoms with Gasteiger partial charge in [0.2, 0.25) is 0 Å². The predicted octanol–water partition coefficient (Wildman–Crippen LogP) is 3.38. The van der Waals surface area contributed by atoms with Gasteiger partial charge in [0.1, 0.15) is 0 Å². The topological polar surface area (TPSA) is 29.5 Å². The number of hydrogen-bond acceptors (Lipinski definition) is 2. The summed E-state index contributed by atoms with van der Waals surface area (Å²) in [5, 5.41) is 7.57. The first-order valence-electron chi connectivity index (χ1n) is 7.05. The molecule has 0 aromatic rings. The van der Waals surface area contributed by atoms with Gasteiger partial charge >= 0.3 is 0 Å². The van der Waals surface area contributed by atoms with Crippen molar-refractivity contribution in [2.24, 2.45) is 11.8 Å². The van der Waals surface area contributed by atoms with Gasteiger partial charge in [-0.3, -0.25) is 0 Å². The molecule has 0 amide bonds. The van der Waals surface area contributed by atoms with Crippen LogP contribution in [0.25, 0.3) is 0 Å². The Kier molecular flexibility index (Phi) is 7.87. The molecule has 0 saturated heterocycles. The summed E-state index contributed by atoms with van der Waals surface area (Å²) in [6.45, 7) is 4.03. The predicted molar refractivity (Wildman–Crippen MR) is 67.5 cm³/mol. The van der Waals surface area contributed by atoms with Crippen molar-refractivity contribution in [2.75, 3.05) is 19.8 Å². The summed E-state index contributed by atoms with van der Waals surface area (Å²) in [5.41, 5.74) is 0. The van der Waals surface area contributed by atoms with Crippen molar-refractivity contribution in [1.82, 2.24) is 0 Å². The molecule has 0 aromatic carbocycles. The van der Waals surface area contributed by atoms with E-state index in [0.717, 1.165) is 25.0 Å². The summed E-state index contributed by atoms with van der Waals surface area (Å²) in [4.78, 5) is 0. The molecule has 1 N–H and O–H groups in total. The zero-order valence-electron chi connectivity index (χ0n) is 10.8. The molecule has 0 atom stereocenters. The van der Waals surface area contributed by atoms with Gasteiger partial charge in [0, 0.05) is 19.8 Å². The maximum Gasteiger partial charge on any atom is 0.0494 e. The largest absolute Gasteiger partial charge is 0.397 e. The molecule has 0 aliphatic heterocycles. The molecule has 0 bridgehead atoms. The molecular formula is C14H28O2. The Labute approximate surface area is 100 Å². The third kappa shape index (κ3) is 5.86. The lowest BCUT2D eigenvalue weighted by molar-refractivity contribution is 0.0743. The van der Waals surface area contributed by atoms with Crippen LogP contribution in [0.1, 0.15) is 58.3 Å². The molecular weight excluding hydrogens is 200 g/mol.